The van der Waals surface area contributed by atoms with Crippen molar-refractivity contribution < 1.29 is 9.13 Å². The van der Waals surface area contributed by atoms with Gasteiger partial charge in [0.25, 0.3) is 5.56 Å². The summed E-state index contributed by atoms with van der Waals surface area (Å²) in [5.74, 6) is 0.153. The molecule has 162 valence electrons. The fraction of sp³-hybridized carbons (Fsp3) is 0.0400. The molecular formula is C25H18FN5O2. The van der Waals surface area contributed by atoms with Gasteiger partial charge in [-0.3, -0.25) is 9.78 Å². The lowest BCUT2D eigenvalue weighted by molar-refractivity contribution is 0.304. The predicted octanol–water partition coefficient (Wildman–Crippen LogP) is 4.47. The Kier molecular flexibility index (Phi) is 6.52. The molecule has 2 N–H and O–H groups in total. The summed E-state index contributed by atoms with van der Waals surface area (Å²) in [5, 5.41) is 13.5. The lowest BCUT2D eigenvalue weighted by atomic mass is 10.1. The van der Waals surface area contributed by atoms with Crippen molar-refractivity contribution >= 4 is 12.2 Å². The van der Waals surface area contributed by atoms with E-state index in [1.165, 1.54) is 12.1 Å². The average Bonchev–Trinajstić information content (AvgIpc) is 2.84. The standard InChI is InChI=1S/C25H18FN5O2/c26-20-11-6-12-21(13-20)33-16-19-10-5-4-9-18(19)15-28-31-25-29-23(17-7-2-1-3-8-17)22(14-27)24(32)30-25/h1-13,15H,16H2,(H2,29,30,31,32). The molecule has 4 aromatic rings. The largest absolute Gasteiger partial charge is 0.489 e. The first-order valence-electron chi connectivity index (χ1n) is 9.99. The van der Waals surface area contributed by atoms with E-state index in [1.54, 1.807) is 42.6 Å². The highest BCUT2D eigenvalue weighted by Gasteiger charge is 2.12. The molecule has 0 aliphatic carbocycles. The minimum atomic E-state index is -0.562. The van der Waals surface area contributed by atoms with Crippen LogP contribution in [0.4, 0.5) is 10.3 Å². The third-order valence-electron chi connectivity index (χ3n) is 4.70. The molecule has 7 nitrogen and oxygen atoms in total. The Labute approximate surface area is 188 Å². The molecule has 33 heavy (non-hydrogen) atoms. The number of halogens is 1. The summed E-state index contributed by atoms with van der Waals surface area (Å²) in [6.45, 7) is 0.218. The number of rotatable bonds is 7. The summed E-state index contributed by atoms with van der Waals surface area (Å²) in [6.07, 6.45) is 1.56. The number of H-pyrrole nitrogens is 1. The summed E-state index contributed by atoms with van der Waals surface area (Å²) >= 11 is 0. The van der Waals surface area contributed by atoms with Gasteiger partial charge < -0.3 is 4.74 Å². The molecule has 4 rings (SSSR count). The van der Waals surface area contributed by atoms with E-state index < -0.39 is 5.56 Å². The van der Waals surface area contributed by atoms with Crippen LogP contribution in [-0.4, -0.2) is 16.2 Å². The maximum atomic E-state index is 13.4. The third-order valence-corrected chi connectivity index (χ3v) is 4.70. The quantitative estimate of drug-likeness (QED) is 0.327. The molecule has 0 radical (unpaired) electrons. The van der Waals surface area contributed by atoms with Gasteiger partial charge in [0.1, 0.15) is 29.8 Å². The van der Waals surface area contributed by atoms with Gasteiger partial charge in [-0.1, -0.05) is 60.7 Å². The van der Waals surface area contributed by atoms with Crippen LogP contribution in [-0.2, 0) is 6.61 Å². The van der Waals surface area contributed by atoms with E-state index in [4.69, 9.17) is 4.74 Å². The van der Waals surface area contributed by atoms with Gasteiger partial charge in [0.05, 0.1) is 11.9 Å². The number of nitrogens with one attached hydrogen (secondary N) is 2. The van der Waals surface area contributed by atoms with E-state index in [1.807, 2.05) is 36.4 Å². The smallest absolute Gasteiger partial charge is 0.270 e. The van der Waals surface area contributed by atoms with Crippen LogP contribution in [0.5, 0.6) is 5.75 Å². The molecule has 0 saturated carbocycles. The monoisotopic (exact) mass is 439 g/mol. The summed E-state index contributed by atoms with van der Waals surface area (Å²) in [4.78, 5) is 19.2. The van der Waals surface area contributed by atoms with Gasteiger partial charge >= 0.3 is 0 Å². The first kappa shape index (κ1) is 21.5. The summed E-state index contributed by atoms with van der Waals surface area (Å²) in [7, 11) is 0. The zero-order valence-corrected chi connectivity index (χ0v) is 17.3. The third kappa shape index (κ3) is 5.29. The molecule has 1 aromatic heterocycles. The number of nitriles is 1. The number of hydrogen-bond acceptors (Lipinski definition) is 6. The highest BCUT2D eigenvalue weighted by atomic mass is 19.1. The second-order valence-electron chi connectivity index (χ2n) is 6.93. The predicted molar refractivity (Wildman–Crippen MR) is 123 cm³/mol. The summed E-state index contributed by atoms with van der Waals surface area (Å²) in [5.41, 5.74) is 4.58. The normalized spacial score (nSPS) is 10.7. The van der Waals surface area contributed by atoms with Crippen LogP contribution in [0.15, 0.2) is 88.8 Å². The van der Waals surface area contributed by atoms with Gasteiger partial charge in [0.2, 0.25) is 5.95 Å². The Morgan fingerprint density at radius 2 is 1.88 bits per heavy atom. The molecule has 0 aliphatic rings. The number of hydrogen-bond donors (Lipinski definition) is 2. The van der Waals surface area contributed by atoms with Crippen LogP contribution < -0.4 is 15.7 Å². The molecule has 0 spiro atoms. The second kappa shape index (κ2) is 10.0. The number of hydrazone groups is 1. The van der Waals surface area contributed by atoms with E-state index in [9.17, 15) is 14.4 Å². The molecule has 0 bridgehead atoms. The van der Waals surface area contributed by atoms with Gasteiger partial charge in [-0.05, 0) is 17.7 Å². The minimum absolute atomic E-state index is 0.0735. The van der Waals surface area contributed by atoms with Crippen molar-refractivity contribution in [3.05, 3.63) is 112 Å². The van der Waals surface area contributed by atoms with Crippen LogP contribution in [0.25, 0.3) is 11.3 Å². The SMILES string of the molecule is N#Cc1c(-c2ccccc2)nc(NN=Cc2ccccc2COc2cccc(F)c2)[nH]c1=O. The van der Waals surface area contributed by atoms with E-state index in [0.717, 1.165) is 11.1 Å². The Bertz CT molecular complexity index is 1390. The Morgan fingerprint density at radius 3 is 2.67 bits per heavy atom. The van der Waals surface area contributed by atoms with E-state index >= 15 is 0 Å². The zero-order valence-electron chi connectivity index (χ0n) is 17.3. The molecule has 0 aliphatic heterocycles. The van der Waals surface area contributed by atoms with Crippen molar-refractivity contribution in [3.8, 4) is 23.1 Å². The van der Waals surface area contributed by atoms with Crippen LogP contribution >= 0.6 is 0 Å². The minimum Gasteiger partial charge on any atom is -0.489 e. The Morgan fingerprint density at radius 1 is 1.09 bits per heavy atom. The number of benzene rings is 3. The van der Waals surface area contributed by atoms with Crippen LogP contribution in [0.2, 0.25) is 0 Å². The van der Waals surface area contributed by atoms with Crippen LogP contribution in [0.3, 0.4) is 0 Å². The van der Waals surface area contributed by atoms with Crippen molar-refractivity contribution in [2.24, 2.45) is 5.10 Å². The zero-order chi connectivity index (χ0) is 23.0. The second-order valence-corrected chi connectivity index (χ2v) is 6.93. The fourth-order valence-corrected chi connectivity index (χ4v) is 3.11. The molecular weight excluding hydrogens is 421 g/mol. The lowest BCUT2D eigenvalue weighted by Gasteiger charge is -2.09. The van der Waals surface area contributed by atoms with E-state index in [-0.39, 0.29) is 29.6 Å². The number of aromatic amines is 1. The topological polar surface area (TPSA) is 103 Å². The number of ether oxygens (including phenoxy) is 1. The van der Waals surface area contributed by atoms with Gasteiger partial charge in [-0.25, -0.2) is 14.8 Å². The number of anilines is 1. The highest BCUT2D eigenvalue weighted by Crippen LogP contribution is 2.19. The molecule has 0 atom stereocenters. The fourth-order valence-electron chi connectivity index (χ4n) is 3.11. The van der Waals surface area contributed by atoms with E-state index in [0.29, 0.717) is 11.3 Å². The number of aromatic nitrogens is 2. The van der Waals surface area contributed by atoms with Crippen LogP contribution in [0, 0.1) is 17.1 Å². The first-order chi connectivity index (χ1) is 16.1. The number of nitrogens with zero attached hydrogens (tertiary/aromatic N) is 3. The van der Waals surface area contributed by atoms with Crippen molar-refractivity contribution in [3.63, 3.8) is 0 Å². The summed E-state index contributed by atoms with van der Waals surface area (Å²) in [6, 6.07) is 24.2. The average molecular weight is 439 g/mol. The van der Waals surface area contributed by atoms with Crippen molar-refractivity contribution in [1.82, 2.24) is 9.97 Å². The maximum Gasteiger partial charge on any atom is 0.270 e. The van der Waals surface area contributed by atoms with Gasteiger partial charge in [-0.15, -0.1) is 0 Å². The van der Waals surface area contributed by atoms with Gasteiger partial charge in [-0.2, -0.15) is 10.4 Å². The molecule has 0 amide bonds. The summed E-state index contributed by atoms with van der Waals surface area (Å²) < 4.78 is 19.0. The first-order valence-corrected chi connectivity index (χ1v) is 9.99. The van der Waals surface area contributed by atoms with Crippen molar-refractivity contribution in [2.45, 2.75) is 6.61 Å². The molecule has 0 fully saturated rings. The van der Waals surface area contributed by atoms with Crippen molar-refractivity contribution in [2.75, 3.05) is 5.43 Å². The van der Waals surface area contributed by atoms with E-state index in [2.05, 4.69) is 20.5 Å². The van der Waals surface area contributed by atoms with Gasteiger partial charge in [0.15, 0.2) is 0 Å². The molecule has 8 heteroatoms. The molecule has 0 saturated heterocycles. The van der Waals surface area contributed by atoms with Gasteiger partial charge in [0, 0.05) is 17.2 Å². The Hall–Kier alpha value is -4.77. The molecule has 1 heterocycles. The van der Waals surface area contributed by atoms with Crippen molar-refractivity contribution in [1.29, 1.82) is 5.26 Å². The van der Waals surface area contributed by atoms with Crippen LogP contribution in [0.1, 0.15) is 16.7 Å². The Balaban J connectivity index is 1.53. The molecule has 3 aromatic carbocycles. The lowest BCUT2D eigenvalue weighted by Crippen LogP contribution is -2.16. The maximum absolute atomic E-state index is 13.4. The highest BCUT2D eigenvalue weighted by molar-refractivity contribution is 5.82. The molecule has 0 unspecified atom stereocenters.